The summed E-state index contributed by atoms with van der Waals surface area (Å²) in [6.07, 6.45) is 3.04. The van der Waals surface area contributed by atoms with Crippen LogP contribution in [0.5, 0.6) is 0 Å². The van der Waals surface area contributed by atoms with Gasteiger partial charge in [0.2, 0.25) is 0 Å². The summed E-state index contributed by atoms with van der Waals surface area (Å²) in [5, 5.41) is 10.9. The molecule has 1 aliphatic heterocycles. The fourth-order valence-electron chi connectivity index (χ4n) is 3.58. The third-order valence-corrected chi connectivity index (χ3v) is 5.29. The minimum Gasteiger partial charge on any atom is -0.360 e. The van der Waals surface area contributed by atoms with Gasteiger partial charge in [-0.3, -0.25) is 14.2 Å². The summed E-state index contributed by atoms with van der Waals surface area (Å²) < 4.78 is 2.98. The summed E-state index contributed by atoms with van der Waals surface area (Å²) >= 11 is 6.23. The summed E-state index contributed by atoms with van der Waals surface area (Å²) in [4.78, 5) is 33.9. The number of para-hydroxylation sites is 1. The highest BCUT2D eigenvalue weighted by Gasteiger charge is 2.27. The first-order chi connectivity index (χ1) is 14.5. The van der Waals surface area contributed by atoms with Crippen LogP contribution in [0.15, 0.2) is 53.7 Å². The number of hydrogen-bond acceptors (Lipinski definition) is 6. The van der Waals surface area contributed by atoms with Gasteiger partial charge in [-0.05, 0) is 25.1 Å². The molecule has 1 aromatic carbocycles. The van der Waals surface area contributed by atoms with E-state index in [1.807, 2.05) is 37.3 Å². The molecule has 30 heavy (non-hydrogen) atoms. The number of rotatable bonds is 4. The molecule has 0 aliphatic carbocycles. The van der Waals surface area contributed by atoms with Crippen LogP contribution < -0.4 is 16.2 Å². The second-order valence-electron chi connectivity index (χ2n) is 6.88. The van der Waals surface area contributed by atoms with Crippen LogP contribution >= 0.6 is 11.6 Å². The summed E-state index contributed by atoms with van der Waals surface area (Å²) in [5.74, 6) is 0.597. The number of amides is 1. The van der Waals surface area contributed by atoms with Gasteiger partial charge in [0.15, 0.2) is 5.82 Å². The van der Waals surface area contributed by atoms with Crippen molar-refractivity contribution < 1.29 is 4.79 Å². The number of halogens is 1. The smallest absolute Gasteiger partial charge is 0.284 e. The topological polar surface area (TPSA) is 106 Å². The Morgan fingerprint density at radius 2 is 1.97 bits per heavy atom. The Hall–Kier alpha value is -3.72. The van der Waals surface area contributed by atoms with Gasteiger partial charge < -0.3 is 10.6 Å². The van der Waals surface area contributed by atoms with Crippen molar-refractivity contribution >= 4 is 28.8 Å². The zero-order valence-corrected chi connectivity index (χ0v) is 16.6. The van der Waals surface area contributed by atoms with Gasteiger partial charge in [0.1, 0.15) is 23.2 Å². The Labute approximate surface area is 175 Å². The van der Waals surface area contributed by atoms with Crippen LogP contribution in [0.4, 0.5) is 5.82 Å². The summed E-state index contributed by atoms with van der Waals surface area (Å²) in [7, 11) is 0. The van der Waals surface area contributed by atoms with Crippen molar-refractivity contribution in [3.63, 3.8) is 0 Å². The van der Waals surface area contributed by atoms with E-state index in [2.05, 4.69) is 25.7 Å². The number of nitrogens with one attached hydrogen (secondary N) is 2. The lowest BCUT2D eigenvalue weighted by molar-refractivity contribution is 0.0966. The highest BCUT2D eigenvalue weighted by Crippen LogP contribution is 2.25. The number of anilines is 1. The van der Waals surface area contributed by atoms with Crippen LogP contribution in [0.3, 0.4) is 0 Å². The lowest BCUT2D eigenvalue weighted by Gasteiger charge is -2.20. The van der Waals surface area contributed by atoms with E-state index in [9.17, 15) is 9.59 Å². The van der Waals surface area contributed by atoms with Crippen LogP contribution in [-0.4, -0.2) is 30.1 Å². The third-order valence-electron chi connectivity index (χ3n) is 4.99. The molecule has 0 unspecified atom stereocenters. The zero-order valence-electron chi connectivity index (χ0n) is 15.8. The molecular formula is C20H16ClN7O2. The fraction of sp³-hybridized carbons (Fsp3) is 0.150. The zero-order chi connectivity index (χ0) is 20.8. The van der Waals surface area contributed by atoms with E-state index < -0.39 is 6.04 Å². The maximum atomic E-state index is 13.3. The first-order valence-electron chi connectivity index (χ1n) is 9.28. The van der Waals surface area contributed by atoms with Crippen LogP contribution in [0.1, 0.15) is 34.8 Å². The molecule has 4 heterocycles. The molecule has 0 saturated carbocycles. The van der Waals surface area contributed by atoms with Gasteiger partial charge in [-0.15, -0.1) is 0 Å². The average Bonchev–Trinajstić information content (AvgIpc) is 3.32. The highest BCUT2D eigenvalue weighted by atomic mass is 35.5. The molecule has 9 nitrogen and oxygen atoms in total. The minimum atomic E-state index is -0.462. The number of carbonyl (C=O) groups is 1. The van der Waals surface area contributed by atoms with Crippen LogP contribution in [0, 0.1) is 0 Å². The molecule has 1 amide bonds. The lowest BCUT2D eigenvalue weighted by Crippen LogP contribution is -2.29. The standard InChI is InChI=1S/C20H16ClN7O2/c1-11(25-17-15-14(23-10-24-17)9-22-19(15)29)18-26-27-8-7-13(21)16(27)20(30)28(18)12-5-3-2-4-6-12/h2-8,10-11H,9H2,1H3,(H,22,29)(H,23,24,25)/t11-/m0/s1. The molecule has 150 valence electrons. The van der Waals surface area contributed by atoms with E-state index in [0.717, 1.165) is 0 Å². The highest BCUT2D eigenvalue weighted by molar-refractivity contribution is 6.33. The number of carbonyl (C=O) groups excluding carboxylic acids is 1. The van der Waals surface area contributed by atoms with Crippen molar-refractivity contribution in [3.05, 3.63) is 81.4 Å². The maximum absolute atomic E-state index is 13.3. The summed E-state index contributed by atoms with van der Waals surface area (Å²) in [5.41, 5.74) is 1.69. The van der Waals surface area contributed by atoms with Crippen molar-refractivity contribution in [2.24, 2.45) is 0 Å². The monoisotopic (exact) mass is 421 g/mol. The van der Waals surface area contributed by atoms with E-state index in [1.165, 1.54) is 15.4 Å². The van der Waals surface area contributed by atoms with E-state index in [1.54, 1.807) is 12.3 Å². The predicted octanol–water partition coefficient (Wildman–Crippen LogP) is 2.35. The molecule has 3 aromatic heterocycles. The van der Waals surface area contributed by atoms with Gasteiger partial charge in [-0.25, -0.2) is 14.5 Å². The first kappa shape index (κ1) is 18.3. The summed E-state index contributed by atoms with van der Waals surface area (Å²) in [6, 6.07) is 10.4. The number of nitrogens with zero attached hydrogens (tertiary/aromatic N) is 5. The Morgan fingerprint density at radius 3 is 2.77 bits per heavy atom. The molecule has 0 radical (unpaired) electrons. The number of aromatic nitrogens is 5. The molecule has 0 fully saturated rings. The molecule has 0 saturated heterocycles. The van der Waals surface area contributed by atoms with Crippen molar-refractivity contribution in [2.45, 2.75) is 19.5 Å². The first-order valence-corrected chi connectivity index (χ1v) is 9.66. The van der Waals surface area contributed by atoms with Crippen molar-refractivity contribution in [1.82, 2.24) is 29.5 Å². The van der Waals surface area contributed by atoms with Crippen LogP contribution in [-0.2, 0) is 6.54 Å². The second kappa shape index (κ2) is 6.96. The largest absolute Gasteiger partial charge is 0.360 e. The molecule has 5 rings (SSSR count). The van der Waals surface area contributed by atoms with Gasteiger partial charge >= 0.3 is 0 Å². The molecule has 1 atom stereocenters. The Kier molecular flexibility index (Phi) is 4.25. The van der Waals surface area contributed by atoms with E-state index in [-0.39, 0.29) is 11.5 Å². The van der Waals surface area contributed by atoms with Gasteiger partial charge in [0, 0.05) is 6.20 Å². The quantitative estimate of drug-likeness (QED) is 0.524. The van der Waals surface area contributed by atoms with E-state index in [0.29, 0.717) is 45.7 Å². The van der Waals surface area contributed by atoms with Gasteiger partial charge in [0.05, 0.1) is 29.0 Å². The van der Waals surface area contributed by atoms with Crippen LogP contribution in [0.25, 0.3) is 11.2 Å². The number of fused-ring (bicyclic) bond motifs is 2. The van der Waals surface area contributed by atoms with Crippen LogP contribution in [0.2, 0.25) is 5.02 Å². The van der Waals surface area contributed by atoms with Gasteiger partial charge in [0.25, 0.3) is 11.5 Å². The Morgan fingerprint density at radius 1 is 1.17 bits per heavy atom. The molecular weight excluding hydrogens is 406 g/mol. The van der Waals surface area contributed by atoms with E-state index >= 15 is 0 Å². The number of hydrogen-bond donors (Lipinski definition) is 2. The lowest BCUT2D eigenvalue weighted by atomic mass is 10.2. The van der Waals surface area contributed by atoms with Gasteiger partial charge in [-0.1, -0.05) is 29.8 Å². The van der Waals surface area contributed by atoms with E-state index in [4.69, 9.17) is 11.6 Å². The van der Waals surface area contributed by atoms with Gasteiger partial charge in [-0.2, -0.15) is 5.10 Å². The molecule has 4 aromatic rings. The average molecular weight is 422 g/mol. The number of benzene rings is 1. The summed E-state index contributed by atoms with van der Waals surface area (Å²) in [6.45, 7) is 2.21. The minimum absolute atomic E-state index is 0.235. The maximum Gasteiger partial charge on any atom is 0.284 e. The van der Waals surface area contributed by atoms with Crippen molar-refractivity contribution in [3.8, 4) is 5.69 Å². The molecule has 2 N–H and O–H groups in total. The molecule has 10 heteroatoms. The third kappa shape index (κ3) is 2.82. The molecule has 0 bridgehead atoms. The SMILES string of the molecule is C[C@H](Nc1ncnc2c1C(=O)NC2)c1nn2ccc(Cl)c2c(=O)n1-c1ccccc1. The Bertz CT molecular complexity index is 1350. The Balaban J connectivity index is 1.67. The second-order valence-corrected chi connectivity index (χ2v) is 7.29. The fourth-order valence-corrected chi connectivity index (χ4v) is 3.80. The molecule has 1 aliphatic rings. The van der Waals surface area contributed by atoms with Crippen molar-refractivity contribution in [2.75, 3.05) is 5.32 Å². The van der Waals surface area contributed by atoms with Crippen molar-refractivity contribution in [1.29, 1.82) is 0 Å². The predicted molar refractivity (Wildman–Crippen MR) is 111 cm³/mol. The molecule has 0 spiro atoms. The normalized spacial score (nSPS) is 13.9.